The molecule has 0 aliphatic rings. The largest absolute Gasteiger partial charge is 0.469 e. The first kappa shape index (κ1) is 21.2. The lowest BCUT2D eigenvalue weighted by Gasteiger charge is -2.15. The molecule has 30 heavy (non-hydrogen) atoms. The van der Waals surface area contributed by atoms with Gasteiger partial charge in [0.05, 0.1) is 50.5 Å². The maximum Gasteiger partial charge on any atom is 0.307 e. The Labute approximate surface area is 172 Å². The Kier molecular flexibility index (Phi) is 6.31. The number of nitrogens with zero attached hydrogens (tertiary/aromatic N) is 3. The van der Waals surface area contributed by atoms with Crippen molar-refractivity contribution in [2.45, 2.75) is 23.8 Å². The van der Waals surface area contributed by atoms with Crippen molar-refractivity contribution in [1.29, 1.82) is 0 Å². The Hall–Kier alpha value is -3.47. The summed E-state index contributed by atoms with van der Waals surface area (Å²) in [7, 11) is -1.49. The molecule has 0 bridgehead atoms. The van der Waals surface area contributed by atoms with Gasteiger partial charge in [0, 0.05) is 17.8 Å². The van der Waals surface area contributed by atoms with Gasteiger partial charge in [-0.05, 0) is 12.1 Å². The molecule has 0 radical (unpaired) electrons. The van der Waals surface area contributed by atoms with Crippen LogP contribution < -0.4 is 4.72 Å². The summed E-state index contributed by atoms with van der Waals surface area (Å²) in [6.45, 7) is 0. The molecule has 1 aromatic carbocycles. The van der Waals surface area contributed by atoms with Crippen LogP contribution in [-0.4, -0.2) is 49.3 Å². The first-order valence-electron chi connectivity index (χ1n) is 8.88. The van der Waals surface area contributed by atoms with E-state index in [-0.39, 0.29) is 23.4 Å². The van der Waals surface area contributed by atoms with E-state index < -0.39 is 28.0 Å². The minimum atomic E-state index is -3.96. The number of benzene rings is 1. The van der Waals surface area contributed by atoms with Crippen molar-refractivity contribution in [2.75, 3.05) is 18.9 Å². The number of esters is 2. The highest BCUT2D eigenvalue weighted by molar-refractivity contribution is 7.93. The average molecular weight is 432 g/mol. The first-order valence-corrected chi connectivity index (χ1v) is 10.4. The number of ether oxygens (including phenoxy) is 2. The SMILES string of the molecule is COC(=O)CC(CC(=O)OC)n1cc(NS(=O)(=O)c2cccc3cccnc23)cn1. The molecule has 2 aromatic heterocycles. The monoisotopic (exact) mass is 432 g/mol. The van der Waals surface area contributed by atoms with Gasteiger partial charge in [-0.25, -0.2) is 8.42 Å². The minimum Gasteiger partial charge on any atom is -0.469 e. The van der Waals surface area contributed by atoms with Crippen molar-refractivity contribution in [3.8, 4) is 0 Å². The molecular formula is C19H20N4O6S. The Morgan fingerprint density at radius 1 is 1.10 bits per heavy atom. The van der Waals surface area contributed by atoms with Crippen LogP contribution in [0.3, 0.4) is 0 Å². The molecule has 0 spiro atoms. The van der Waals surface area contributed by atoms with Gasteiger partial charge in [0.15, 0.2) is 0 Å². The lowest BCUT2D eigenvalue weighted by Crippen LogP contribution is -2.19. The molecule has 0 saturated heterocycles. The van der Waals surface area contributed by atoms with E-state index >= 15 is 0 Å². The Morgan fingerprint density at radius 2 is 1.77 bits per heavy atom. The zero-order chi connectivity index (χ0) is 21.7. The first-order chi connectivity index (χ1) is 14.3. The molecule has 0 unspecified atom stereocenters. The van der Waals surface area contributed by atoms with Gasteiger partial charge >= 0.3 is 11.9 Å². The maximum absolute atomic E-state index is 12.9. The van der Waals surface area contributed by atoms with E-state index in [1.807, 2.05) is 0 Å². The van der Waals surface area contributed by atoms with Gasteiger partial charge < -0.3 is 9.47 Å². The highest BCUT2D eigenvalue weighted by Gasteiger charge is 2.23. The van der Waals surface area contributed by atoms with E-state index in [1.54, 1.807) is 24.3 Å². The fraction of sp³-hybridized carbons (Fsp3) is 0.263. The normalized spacial score (nSPS) is 11.4. The second kappa shape index (κ2) is 8.91. The summed E-state index contributed by atoms with van der Waals surface area (Å²) in [4.78, 5) is 27.5. The summed E-state index contributed by atoms with van der Waals surface area (Å²) >= 11 is 0. The van der Waals surface area contributed by atoms with Crippen LogP contribution in [0, 0.1) is 0 Å². The van der Waals surface area contributed by atoms with E-state index in [2.05, 4.69) is 24.3 Å². The number of carbonyl (C=O) groups is 2. The van der Waals surface area contributed by atoms with Gasteiger partial charge in [-0.2, -0.15) is 5.10 Å². The number of hydrogen-bond donors (Lipinski definition) is 1. The number of anilines is 1. The summed E-state index contributed by atoms with van der Waals surface area (Å²) in [5, 5.41) is 4.78. The third-order valence-corrected chi connectivity index (χ3v) is 5.79. The number of pyridine rings is 1. The van der Waals surface area contributed by atoms with Crippen molar-refractivity contribution in [3.05, 3.63) is 48.9 Å². The summed E-state index contributed by atoms with van der Waals surface area (Å²) in [6, 6.07) is 7.65. The van der Waals surface area contributed by atoms with Gasteiger partial charge in [-0.3, -0.25) is 24.0 Å². The minimum absolute atomic E-state index is 0.0222. The van der Waals surface area contributed by atoms with E-state index in [0.717, 1.165) is 0 Å². The van der Waals surface area contributed by atoms with Crippen molar-refractivity contribution < 1.29 is 27.5 Å². The topological polar surface area (TPSA) is 129 Å². The molecule has 0 aliphatic carbocycles. The van der Waals surface area contributed by atoms with Crippen LogP contribution >= 0.6 is 0 Å². The molecule has 11 heteroatoms. The van der Waals surface area contributed by atoms with Crippen molar-refractivity contribution in [2.24, 2.45) is 0 Å². The second-order valence-corrected chi connectivity index (χ2v) is 8.01. The molecule has 0 amide bonds. The Bertz CT molecular complexity index is 1150. The number of sulfonamides is 1. The number of aromatic nitrogens is 3. The molecule has 1 N–H and O–H groups in total. The Morgan fingerprint density at radius 3 is 2.43 bits per heavy atom. The number of hydrogen-bond acceptors (Lipinski definition) is 8. The van der Waals surface area contributed by atoms with Crippen LogP contribution in [0.5, 0.6) is 0 Å². The third-order valence-electron chi connectivity index (χ3n) is 4.37. The maximum atomic E-state index is 12.9. The van der Waals surface area contributed by atoms with Crippen LogP contribution in [0.2, 0.25) is 0 Å². The molecule has 3 aromatic rings. The van der Waals surface area contributed by atoms with E-state index in [1.165, 1.54) is 43.6 Å². The van der Waals surface area contributed by atoms with Crippen LogP contribution in [0.1, 0.15) is 18.9 Å². The summed E-state index contributed by atoms with van der Waals surface area (Å²) < 4.78 is 38.9. The zero-order valence-electron chi connectivity index (χ0n) is 16.3. The van der Waals surface area contributed by atoms with Crippen molar-refractivity contribution >= 4 is 38.6 Å². The van der Waals surface area contributed by atoms with Crippen LogP contribution in [-0.2, 0) is 29.1 Å². The summed E-state index contributed by atoms with van der Waals surface area (Å²) in [5.41, 5.74) is 0.511. The number of rotatable bonds is 8. The molecule has 0 fully saturated rings. The van der Waals surface area contributed by atoms with E-state index in [4.69, 9.17) is 0 Å². The molecule has 10 nitrogen and oxygen atoms in total. The van der Waals surface area contributed by atoms with E-state index in [0.29, 0.717) is 10.9 Å². The standard InChI is InChI=1S/C19H20N4O6S/c1-28-17(24)9-15(10-18(25)29-2)23-12-14(11-21-23)22-30(26,27)16-7-3-5-13-6-4-8-20-19(13)16/h3-8,11-12,15,22H,9-10H2,1-2H3. The van der Waals surface area contributed by atoms with E-state index in [9.17, 15) is 18.0 Å². The Balaban J connectivity index is 1.87. The third kappa shape index (κ3) is 4.74. The molecule has 3 rings (SSSR count). The number of fused-ring (bicyclic) bond motifs is 1. The predicted molar refractivity (Wildman–Crippen MR) is 107 cm³/mol. The number of methoxy groups -OCH3 is 2. The van der Waals surface area contributed by atoms with Crippen LogP contribution in [0.15, 0.2) is 53.8 Å². The predicted octanol–water partition coefficient (Wildman–Crippen LogP) is 1.90. The van der Waals surface area contributed by atoms with Gasteiger partial charge in [0.2, 0.25) is 0 Å². The zero-order valence-corrected chi connectivity index (χ0v) is 17.1. The van der Waals surface area contributed by atoms with Crippen molar-refractivity contribution in [3.63, 3.8) is 0 Å². The van der Waals surface area contributed by atoms with Crippen molar-refractivity contribution in [1.82, 2.24) is 14.8 Å². The molecule has 0 atom stereocenters. The smallest absolute Gasteiger partial charge is 0.307 e. The second-order valence-electron chi connectivity index (χ2n) is 6.36. The molecule has 2 heterocycles. The van der Waals surface area contributed by atoms with Gasteiger partial charge in [0.1, 0.15) is 4.90 Å². The average Bonchev–Trinajstić information content (AvgIpc) is 3.20. The lowest BCUT2D eigenvalue weighted by molar-refractivity contribution is -0.144. The molecular weight excluding hydrogens is 412 g/mol. The molecule has 0 saturated carbocycles. The van der Waals surface area contributed by atoms with Gasteiger partial charge in [-0.1, -0.05) is 18.2 Å². The molecule has 158 valence electrons. The van der Waals surface area contributed by atoms with Crippen LogP contribution in [0.25, 0.3) is 10.9 Å². The summed E-state index contributed by atoms with van der Waals surface area (Å²) in [6.07, 6.45) is 3.94. The quantitative estimate of drug-likeness (QED) is 0.534. The lowest BCUT2D eigenvalue weighted by atomic mass is 10.1. The number of para-hydroxylation sites is 1. The number of carbonyl (C=O) groups excluding carboxylic acids is 2. The fourth-order valence-electron chi connectivity index (χ4n) is 2.90. The van der Waals surface area contributed by atoms with Crippen LogP contribution in [0.4, 0.5) is 5.69 Å². The van der Waals surface area contributed by atoms with Gasteiger partial charge in [-0.15, -0.1) is 0 Å². The fourth-order valence-corrected chi connectivity index (χ4v) is 4.11. The number of nitrogens with one attached hydrogen (secondary N) is 1. The van der Waals surface area contributed by atoms with Gasteiger partial charge in [0.25, 0.3) is 10.0 Å². The highest BCUT2D eigenvalue weighted by atomic mass is 32.2. The summed E-state index contributed by atoms with van der Waals surface area (Å²) in [5.74, 6) is -1.08. The molecule has 0 aliphatic heterocycles. The highest BCUT2D eigenvalue weighted by Crippen LogP contribution is 2.24.